The molecule has 0 amide bonds. The first-order valence-electron chi connectivity index (χ1n) is 6.52. The lowest BCUT2D eigenvalue weighted by Crippen LogP contribution is -2.24. The third-order valence-electron chi connectivity index (χ3n) is 3.05. The van der Waals surface area contributed by atoms with E-state index < -0.39 is 11.9 Å². The van der Waals surface area contributed by atoms with Gasteiger partial charge in [-0.15, -0.1) is 11.6 Å². The van der Waals surface area contributed by atoms with Crippen molar-refractivity contribution >= 4 is 23.5 Å². The number of aliphatic carboxylic acids is 2. The van der Waals surface area contributed by atoms with E-state index in [1.807, 2.05) is 0 Å². The summed E-state index contributed by atoms with van der Waals surface area (Å²) in [6.07, 6.45) is 3.40. The van der Waals surface area contributed by atoms with Gasteiger partial charge < -0.3 is 10.2 Å². The van der Waals surface area contributed by atoms with Crippen molar-refractivity contribution in [3.05, 3.63) is 47.5 Å². The molecule has 1 aromatic rings. The Balaban J connectivity index is 0.000000240. The molecule has 21 heavy (non-hydrogen) atoms. The second-order valence-corrected chi connectivity index (χ2v) is 4.76. The summed E-state index contributed by atoms with van der Waals surface area (Å²) in [6.45, 7) is 2.20. The van der Waals surface area contributed by atoms with Crippen molar-refractivity contribution in [1.82, 2.24) is 4.90 Å². The van der Waals surface area contributed by atoms with Crippen LogP contribution in [0.1, 0.15) is 11.1 Å². The molecule has 0 aliphatic carbocycles. The lowest BCUT2D eigenvalue weighted by Gasteiger charge is -2.14. The molecule has 1 aliphatic rings. The molecule has 0 saturated carbocycles. The number of alkyl halides is 1. The van der Waals surface area contributed by atoms with Gasteiger partial charge in [0.1, 0.15) is 0 Å². The summed E-state index contributed by atoms with van der Waals surface area (Å²) < 4.78 is 0. The average Bonchev–Trinajstić information content (AvgIpc) is 2.68. The van der Waals surface area contributed by atoms with Gasteiger partial charge in [-0.2, -0.15) is 0 Å². The van der Waals surface area contributed by atoms with Crippen LogP contribution in [0.4, 0.5) is 0 Å². The summed E-state index contributed by atoms with van der Waals surface area (Å²) in [6, 6.07) is 9.36. The van der Waals surface area contributed by atoms with Crippen LogP contribution in [0.15, 0.2) is 36.4 Å². The Bertz CT molecular complexity index is 473. The number of fused-ring (bicyclic) bond motifs is 1. The molecule has 0 spiro atoms. The van der Waals surface area contributed by atoms with Crippen LogP contribution in [0.3, 0.4) is 0 Å². The van der Waals surface area contributed by atoms with Gasteiger partial charge in [0.05, 0.1) is 6.00 Å². The molecule has 0 bridgehead atoms. The highest BCUT2D eigenvalue weighted by Gasteiger charge is 2.11. The summed E-state index contributed by atoms with van der Waals surface area (Å²) in [7, 11) is 0. The van der Waals surface area contributed by atoms with Gasteiger partial charge in [-0.1, -0.05) is 24.3 Å². The smallest absolute Gasteiger partial charge is 0.328 e. The van der Waals surface area contributed by atoms with E-state index >= 15 is 0 Å². The molecule has 0 aromatic heterocycles. The predicted molar refractivity (Wildman–Crippen MR) is 80.6 cm³/mol. The molecule has 2 N–H and O–H groups in total. The third kappa shape index (κ3) is 6.92. The largest absolute Gasteiger partial charge is 0.478 e. The zero-order chi connectivity index (χ0) is 15.7. The summed E-state index contributed by atoms with van der Waals surface area (Å²) >= 11 is 5.82. The molecule has 0 fully saturated rings. The fourth-order valence-electron chi connectivity index (χ4n) is 1.98. The second kappa shape index (κ2) is 9.15. The standard InChI is InChI=1S/C11H14ClN.C4H4O4/c12-9-13-7-5-10-3-1-2-4-11(10)6-8-13;5-3(6)1-2-4(7)8/h1-4H,5-9H2;1-2H,(H,5,6)(H,7,8)/b;2-1-. The molecule has 0 saturated heterocycles. The van der Waals surface area contributed by atoms with Crippen molar-refractivity contribution in [2.45, 2.75) is 12.8 Å². The second-order valence-electron chi connectivity index (χ2n) is 4.52. The summed E-state index contributed by atoms with van der Waals surface area (Å²) in [5.41, 5.74) is 2.99. The van der Waals surface area contributed by atoms with Crippen molar-refractivity contribution < 1.29 is 19.8 Å². The van der Waals surface area contributed by atoms with Crippen LogP contribution >= 0.6 is 11.6 Å². The molecule has 1 aromatic carbocycles. The highest BCUT2D eigenvalue weighted by Crippen LogP contribution is 2.15. The first kappa shape index (κ1) is 17.2. The number of carbonyl (C=O) groups is 2. The van der Waals surface area contributed by atoms with E-state index in [0.29, 0.717) is 18.2 Å². The Kier molecular flexibility index (Phi) is 7.50. The fraction of sp³-hybridized carbons (Fsp3) is 0.333. The molecule has 1 heterocycles. The Morgan fingerprint density at radius 2 is 1.48 bits per heavy atom. The van der Waals surface area contributed by atoms with Crippen LogP contribution in [-0.2, 0) is 22.4 Å². The molecule has 5 nitrogen and oxygen atoms in total. The first-order valence-corrected chi connectivity index (χ1v) is 7.05. The van der Waals surface area contributed by atoms with Gasteiger partial charge in [-0.05, 0) is 24.0 Å². The average molecular weight is 312 g/mol. The molecule has 0 radical (unpaired) electrons. The predicted octanol–water partition coefficient (Wildman–Crippen LogP) is 2.00. The summed E-state index contributed by atoms with van der Waals surface area (Å²) in [5.74, 6) is -2.51. The highest BCUT2D eigenvalue weighted by molar-refractivity contribution is 6.17. The van der Waals surface area contributed by atoms with Gasteiger partial charge in [-0.25, -0.2) is 9.59 Å². The molecular formula is C15H18ClNO4. The maximum absolute atomic E-state index is 9.55. The van der Waals surface area contributed by atoms with Crippen LogP contribution in [-0.4, -0.2) is 46.1 Å². The van der Waals surface area contributed by atoms with E-state index in [0.717, 1.165) is 25.9 Å². The first-order chi connectivity index (χ1) is 10.0. The number of carboxylic acids is 2. The number of carboxylic acid groups (broad SMARTS) is 2. The van der Waals surface area contributed by atoms with Crippen LogP contribution in [0, 0.1) is 0 Å². The number of halogens is 1. The number of rotatable bonds is 3. The number of benzene rings is 1. The molecule has 0 atom stereocenters. The van der Waals surface area contributed by atoms with Crippen LogP contribution < -0.4 is 0 Å². The minimum Gasteiger partial charge on any atom is -0.478 e. The van der Waals surface area contributed by atoms with Crippen molar-refractivity contribution in [3.63, 3.8) is 0 Å². The SMILES string of the molecule is ClCN1CCc2ccccc2CC1.O=C(O)/C=C\C(=O)O. The third-order valence-corrected chi connectivity index (χ3v) is 3.39. The number of nitrogens with zero attached hydrogens (tertiary/aromatic N) is 1. The van der Waals surface area contributed by atoms with E-state index in [4.69, 9.17) is 21.8 Å². The fourth-order valence-corrected chi connectivity index (χ4v) is 2.22. The number of hydrogen-bond donors (Lipinski definition) is 2. The molecule has 0 unspecified atom stereocenters. The Hall–Kier alpha value is -1.85. The monoisotopic (exact) mass is 311 g/mol. The lowest BCUT2D eigenvalue weighted by molar-refractivity contribution is -0.134. The maximum Gasteiger partial charge on any atom is 0.328 e. The lowest BCUT2D eigenvalue weighted by atomic mass is 10.0. The van der Waals surface area contributed by atoms with Crippen LogP contribution in [0.5, 0.6) is 0 Å². The Labute approximate surface area is 128 Å². The van der Waals surface area contributed by atoms with Gasteiger partial charge in [0.2, 0.25) is 0 Å². The maximum atomic E-state index is 9.55. The zero-order valence-electron chi connectivity index (χ0n) is 11.5. The van der Waals surface area contributed by atoms with Crippen LogP contribution in [0.2, 0.25) is 0 Å². The quantitative estimate of drug-likeness (QED) is 0.507. The molecule has 2 rings (SSSR count). The van der Waals surface area contributed by atoms with E-state index in [9.17, 15) is 9.59 Å². The minimum atomic E-state index is -1.26. The summed E-state index contributed by atoms with van der Waals surface area (Å²) in [5, 5.41) is 15.6. The Morgan fingerprint density at radius 3 is 1.81 bits per heavy atom. The van der Waals surface area contributed by atoms with Crippen molar-refractivity contribution in [2.75, 3.05) is 19.1 Å². The molecule has 1 aliphatic heterocycles. The normalized spacial score (nSPS) is 14.7. The molecule has 6 heteroatoms. The van der Waals surface area contributed by atoms with E-state index in [1.54, 1.807) is 0 Å². The van der Waals surface area contributed by atoms with E-state index in [1.165, 1.54) is 11.1 Å². The van der Waals surface area contributed by atoms with Crippen molar-refractivity contribution in [1.29, 1.82) is 0 Å². The van der Waals surface area contributed by atoms with Crippen molar-refractivity contribution in [2.24, 2.45) is 0 Å². The molecular weight excluding hydrogens is 294 g/mol. The van der Waals surface area contributed by atoms with Crippen molar-refractivity contribution in [3.8, 4) is 0 Å². The van der Waals surface area contributed by atoms with Gasteiger partial charge >= 0.3 is 11.9 Å². The van der Waals surface area contributed by atoms with E-state index in [2.05, 4.69) is 29.2 Å². The Morgan fingerprint density at radius 1 is 1.05 bits per heavy atom. The zero-order valence-corrected chi connectivity index (χ0v) is 12.3. The molecule has 114 valence electrons. The van der Waals surface area contributed by atoms with Gasteiger partial charge in [0.25, 0.3) is 0 Å². The van der Waals surface area contributed by atoms with Gasteiger partial charge in [-0.3, -0.25) is 4.90 Å². The topological polar surface area (TPSA) is 77.8 Å². The minimum absolute atomic E-state index is 0.558. The highest BCUT2D eigenvalue weighted by atomic mass is 35.5. The van der Waals surface area contributed by atoms with Gasteiger partial charge in [0.15, 0.2) is 0 Å². The summed E-state index contributed by atoms with van der Waals surface area (Å²) in [4.78, 5) is 21.4. The number of hydrogen-bond acceptors (Lipinski definition) is 3. The van der Waals surface area contributed by atoms with Gasteiger partial charge in [0, 0.05) is 25.2 Å². The van der Waals surface area contributed by atoms with Crippen LogP contribution in [0.25, 0.3) is 0 Å². The van der Waals surface area contributed by atoms with E-state index in [-0.39, 0.29) is 0 Å².